The Morgan fingerprint density at radius 2 is 1.38 bits per heavy atom. The molecule has 1 N–H and O–H groups in total. The first kappa shape index (κ1) is 25.5. The molecule has 2 heterocycles. The van der Waals surface area contributed by atoms with Crippen molar-refractivity contribution in [3.63, 3.8) is 0 Å². The Hall–Kier alpha value is -3.11. The fourth-order valence-electron chi connectivity index (χ4n) is 4.46. The van der Waals surface area contributed by atoms with Crippen molar-refractivity contribution in [3.8, 4) is 0 Å². The second kappa shape index (κ2) is 12.4. The van der Waals surface area contributed by atoms with E-state index in [0.717, 1.165) is 29.7 Å². The van der Waals surface area contributed by atoms with Crippen LogP contribution < -0.4 is 5.32 Å². The topological polar surface area (TPSA) is 59.1 Å². The monoisotopic (exact) mass is 456 g/mol. The fourth-order valence-corrected chi connectivity index (χ4v) is 4.46. The van der Waals surface area contributed by atoms with Crippen LogP contribution >= 0.6 is 0 Å². The minimum Gasteiger partial charge on any atom is -0.307 e. The Kier molecular flexibility index (Phi) is 9.29. The molecular weight excluding hydrogens is 420 g/mol. The number of piperidine rings is 1. The van der Waals surface area contributed by atoms with Crippen LogP contribution in [0.5, 0.6) is 0 Å². The number of carbonyl (C=O) groups excluding carboxylic acids is 2. The van der Waals surface area contributed by atoms with Crippen molar-refractivity contribution in [3.05, 3.63) is 99.9 Å². The van der Waals surface area contributed by atoms with Crippen molar-refractivity contribution >= 4 is 11.6 Å². The summed E-state index contributed by atoms with van der Waals surface area (Å²) < 4.78 is 0. The molecule has 2 aromatic carbocycles. The first-order valence-electron chi connectivity index (χ1n) is 12.2. The van der Waals surface area contributed by atoms with Crippen molar-refractivity contribution < 1.29 is 9.59 Å². The van der Waals surface area contributed by atoms with Gasteiger partial charge in [0.15, 0.2) is 11.6 Å². The minimum atomic E-state index is 0.0722. The number of benzene rings is 2. The summed E-state index contributed by atoms with van der Waals surface area (Å²) in [6.07, 6.45) is 6.04. The third kappa shape index (κ3) is 6.94. The smallest absolute Gasteiger partial charge is 0.185 e. The molecule has 0 spiro atoms. The van der Waals surface area contributed by atoms with E-state index in [9.17, 15) is 9.59 Å². The number of hydrogen-bond acceptors (Lipinski definition) is 4. The molecule has 1 aliphatic heterocycles. The zero-order valence-electron chi connectivity index (χ0n) is 20.9. The van der Waals surface area contributed by atoms with E-state index in [1.165, 1.54) is 29.5 Å². The van der Waals surface area contributed by atoms with Gasteiger partial charge in [-0.05, 0) is 92.6 Å². The van der Waals surface area contributed by atoms with Crippen LogP contribution in [0.4, 0.5) is 0 Å². The number of aromatic nitrogens is 1. The molecule has 0 amide bonds. The average molecular weight is 457 g/mol. The highest BCUT2D eigenvalue weighted by Crippen LogP contribution is 2.17. The lowest BCUT2D eigenvalue weighted by Gasteiger charge is -2.22. The van der Waals surface area contributed by atoms with E-state index in [4.69, 9.17) is 0 Å². The van der Waals surface area contributed by atoms with Gasteiger partial charge < -0.3 is 5.32 Å². The van der Waals surface area contributed by atoms with Gasteiger partial charge in [-0.25, -0.2) is 0 Å². The van der Waals surface area contributed by atoms with Crippen LogP contribution in [-0.4, -0.2) is 29.1 Å². The zero-order valence-corrected chi connectivity index (χ0v) is 20.9. The third-order valence-electron chi connectivity index (χ3n) is 6.63. The van der Waals surface area contributed by atoms with E-state index in [-0.39, 0.29) is 11.8 Å². The quantitative estimate of drug-likeness (QED) is 0.485. The number of hydrogen-bond donors (Lipinski definition) is 1. The third-order valence-corrected chi connectivity index (χ3v) is 6.63. The molecule has 1 aliphatic rings. The van der Waals surface area contributed by atoms with E-state index in [1.54, 1.807) is 12.3 Å². The van der Waals surface area contributed by atoms with Crippen LogP contribution in [0.25, 0.3) is 0 Å². The number of Topliss-reactive ketones (excluding diaryl/α,β-unsaturated/α-hetero) is 2. The molecule has 0 saturated carbocycles. The summed E-state index contributed by atoms with van der Waals surface area (Å²) in [6.45, 7) is 9.24. The van der Waals surface area contributed by atoms with E-state index in [0.29, 0.717) is 24.3 Å². The van der Waals surface area contributed by atoms with Gasteiger partial charge in [-0.2, -0.15) is 0 Å². The maximum atomic E-state index is 12.2. The second-order valence-corrected chi connectivity index (χ2v) is 9.20. The molecule has 3 aromatic rings. The van der Waals surface area contributed by atoms with Crippen LogP contribution in [0.2, 0.25) is 0 Å². The standard InChI is InChI=1S/C15H21NO.C15H15NO/c2*1-11-6-5-7-12(2)13(11)10-15(17)14-8-3-4-9-16-14/h5-7,14,16H,3-4,8-10H2,1-2H3;3-9H,10H2,1-2H3. The highest BCUT2D eigenvalue weighted by Gasteiger charge is 2.21. The number of pyridine rings is 1. The molecule has 1 aromatic heterocycles. The summed E-state index contributed by atoms with van der Waals surface area (Å²) in [4.78, 5) is 28.4. The van der Waals surface area contributed by atoms with E-state index < -0.39 is 0 Å². The number of nitrogens with zero attached hydrogens (tertiary/aromatic N) is 1. The Bertz CT molecular complexity index is 1080. The first-order valence-corrected chi connectivity index (χ1v) is 12.2. The minimum absolute atomic E-state index is 0.0722. The van der Waals surface area contributed by atoms with Gasteiger partial charge in [-0.1, -0.05) is 48.9 Å². The van der Waals surface area contributed by atoms with E-state index >= 15 is 0 Å². The van der Waals surface area contributed by atoms with Gasteiger partial charge in [0.25, 0.3) is 0 Å². The molecule has 1 unspecified atom stereocenters. The molecular formula is C30H36N2O2. The molecule has 0 aliphatic carbocycles. The van der Waals surface area contributed by atoms with E-state index in [2.05, 4.69) is 42.3 Å². The number of ketones is 2. The van der Waals surface area contributed by atoms with Crippen molar-refractivity contribution in [1.29, 1.82) is 0 Å². The van der Waals surface area contributed by atoms with Crippen molar-refractivity contribution in [2.24, 2.45) is 0 Å². The lowest BCUT2D eigenvalue weighted by atomic mass is 9.92. The highest BCUT2D eigenvalue weighted by molar-refractivity contribution is 5.96. The molecule has 4 nitrogen and oxygen atoms in total. The summed E-state index contributed by atoms with van der Waals surface area (Å²) in [6, 6.07) is 17.8. The number of carbonyl (C=O) groups is 2. The fraction of sp³-hybridized carbons (Fsp3) is 0.367. The molecule has 0 radical (unpaired) electrons. The molecule has 1 saturated heterocycles. The van der Waals surface area contributed by atoms with Crippen LogP contribution in [0.3, 0.4) is 0 Å². The molecule has 34 heavy (non-hydrogen) atoms. The van der Waals surface area contributed by atoms with Crippen molar-refractivity contribution in [2.45, 2.75) is 65.8 Å². The number of nitrogens with one attached hydrogen (secondary N) is 1. The van der Waals surface area contributed by atoms with Gasteiger partial charge in [-0.3, -0.25) is 14.6 Å². The van der Waals surface area contributed by atoms with E-state index in [1.807, 2.05) is 44.2 Å². The van der Waals surface area contributed by atoms with Crippen LogP contribution in [-0.2, 0) is 17.6 Å². The zero-order chi connectivity index (χ0) is 24.5. The molecule has 0 bridgehead atoms. The maximum absolute atomic E-state index is 12.2. The van der Waals surface area contributed by atoms with Crippen LogP contribution in [0.1, 0.15) is 63.1 Å². The van der Waals surface area contributed by atoms with Gasteiger partial charge >= 0.3 is 0 Å². The Labute approximate surface area is 203 Å². The molecule has 4 rings (SSSR count). The Morgan fingerprint density at radius 3 is 1.88 bits per heavy atom. The summed E-state index contributed by atoms with van der Waals surface area (Å²) in [5, 5.41) is 3.33. The Balaban J connectivity index is 0.000000191. The predicted octanol–water partition coefficient (Wildman–Crippen LogP) is 5.68. The molecule has 1 fully saturated rings. The molecule has 178 valence electrons. The number of aryl methyl sites for hydroxylation is 4. The van der Waals surface area contributed by atoms with Crippen LogP contribution in [0.15, 0.2) is 60.8 Å². The van der Waals surface area contributed by atoms with Gasteiger partial charge in [0.2, 0.25) is 0 Å². The average Bonchev–Trinajstić information content (AvgIpc) is 2.85. The van der Waals surface area contributed by atoms with Crippen molar-refractivity contribution in [1.82, 2.24) is 10.3 Å². The summed E-state index contributed by atoms with van der Waals surface area (Å²) >= 11 is 0. The van der Waals surface area contributed by atoms with Gasteiger partial charge in [0, 0.05) is 19.0 Å². The maximum Gasteiger partial charge on any atom is 0.185 e. The predicted molar refractivity (Wildman–Crippen MR) is 138 cm³/mol. The normalized spacial score (nSPS) is 15.2. The van der Waals surface area contributed by atoms with Crippen LogP contribution in [0, 0.1) is 27.7 Å². The summed E-state index contributed by atoms with van der Waals surface area (Å²) in [7, 11) is 0. The largest absolute Gasteiger partial charge is 0.307 e. The summed E-state index contributed by atoms with van der Waals surface area (Å²) in [5.74, 6) is 0.421. The van der Waals surface area contributed by atoms with Gasteiger partial charge in [-0.15, -0.1) is 0 Å². The second-order valence-electron chi connectivity index (χ2n) is 9.20. The van der Waals surface area contributed by atoms with Gasteiger partial charge in [0.1, 0.15) is 5.69 Å². The SMILES string of the molecule is Cc1cccc(C)c1CC(=O)C1CCCCN1.Cc1cccc(C)c1CC(=O)c1ccccn1. The Morgan fingerprint density at radius 1 is 0.794 bits per heavy atom. The molecule has 4 heteroatoms. The highest BCUT2D eigenvalue weighted by atomic mass is 16.1. The van der Waals surface area contributed by atoms with Gasteiger partial charge in [0.05, 0.1) is 6.04 Å². The van der Waals surface area contributed by atoms with Crippen molar-refractivity contribution in [2.75, 3.05) is 6.54 Å². The summed E-state index contributed by atoms with van der Waals surface area (Å²) in [5.41, 5.74) is 7.65. The number of rotatable bonds is 6. The molecule has 1 atom stereocenters. The first-order chi connectivity index (χ1) is 16.4. The lowest BCUT2D eigenvalue weighted by molar-refractivity contribution is -0.120. The lowest BCUT2D eigenvalue weighted by Crippen LogP contribution is -2.41.